The van der Waals surface area contributed by atoms with Crippen molar-refractivity contribution < 1.29 is 9.90 Å². The molecule has 88 valence electrons. The molecule has 0 aliphatic heterocycles. The number of hydrogen-bond acceptors (Lipinski definition) is 4. The zero-order valence-electron chi connectivity index (χ0n) is 9.33. The highest BCUT2D eigenvalue weighted by Gasteiger charge is 2.17. The lowest BCUT2D eigenvalue weighted by Crippen LogP contribution is -2.15. The van der Waals surface area contributed by atoms with Gasteiger partial charge in [0.2, 0.25) is 0 Å². The van der Waals surface area contributed by atoms with Crippen molar-refractivity contribution in [3.8, 4) is 0 Å². The third-order valence-electron chi connectivity index (χ3n) is 2.36. The molecule has 0 aliphatic rings. The first kappa shape index (κ1) is 11.9. The maximum absolute atomic E-state index is 10.9. The Kier molecular flexibility index (Phi) is 3.58. The molecule has 1 N–H and O–H groups in total. The Morgan fingerprint density at radius 3 is 2.94 bits per heavy atom. The van der Waals surface area contributed by atoms with Crippen LogP contribution >= 0.6 is 11.8 Å². The van der Waals surface area contributed by atoms with Crippen molar-refractivity contribution in [2.75, 3.05) is 0 Å². The summed E-state index contributed by atoms with van der Waals surface area (Å²) in [5.74, 6) is -0.825. The lowest BCUT2D eigenvalue weighted by atomic mass is 10.2. The molecule has 2 aromatic rings. The van der Waals surface area contributed by atoms with Crippen molar-refractivity contribution in [3.05, 3.63) is 30.5 Å². The molecule has 0 saturated carbocycles. The molecule has 0 bridgehead atoms. The van der Waals surface area contributed by atoms with Crippen LogP contribution in [-0.2, 0) is 4.79 Å². The Balaban J connectivity index is 2.27. The fourth-order valence-corrected chi connectivity index (χ4v) is 2.23. The molecule has 0 fully saturated rings. The number of aromatic nitrogens is 2. The number of para-hydroxylation sites is 1. The van der Waals surface area contributed by atoms with Crippen LogP contribution in [0.4, 0.5) is 0 Å². The fourth-order valence-electron chi connectivity index (χ4n) is 1.45. The molecule has 0 radical (unpaired) electrons. The number of thioether (sulfide) groups is 1. The van der Waals surface area contributed by atoms with Gasteiger partial charge in [-0.2, -0.15) is 0 Å². The number of benzene rings is 1. The van der Waals surface area contributed by atoms with E-state index >= 15 is 0 Å². The zero-order valence-corrected chi connectivity index (χ0v) is 10.1. The van der Waals surface area contributed by atoms with E-state index in [-0.39, 0.29) is 0 Å². The van der Waals surface area contributed by atoms with Crippen LogP contribution in [0.3, 0.4) is 0 Å². The standard InChI is InChI=1S/C12H12N2O2S/c1-2-10(11(15)16)17-12-13-7-8-5-3-4-6-9(8)14-12/h3-7,10H,2H2,1H3,(H,15,16). The van der Waals surface area contributed by atoms with Crippen LogP contribution in [0.5, 0.6) is 0 Å². The van der Waals surface area contributed by atoms with E-state index in [0.29, 0.717) is 11.6 Å². The number of fused-ring (bicyclic) bond motifs is 1. The Morgan fingerprint density at radius 1 is 1.47 bits per heavy atom. The van der Waals surface area contributed by atoms with E-state index in [0.717, 1.165) is 10.9 Å². The Labute approximate surface area is 103 Å². The maximum atomic E-state index is 10.9. The van der Waals surface area contributed by atoms with Crippen molar-refractivity contribution >= 4 is 28.6 Å². The number of aliphatic carboxylic acids is 1. The van der Waals surface area contributed by atoms with Gasteiger partial charge in [-0.15, -0.1) is 0 Å². The highest BCUT2D eigenvalue weighted by atomic mass is 32.2. The number of rotatable bonds is 4. The third kappa shape index (κ3) is 2.74. The summed E-state index contributed by atoms with van der Waals surface area (Å²) in [7, 11) is 0. The van der Waals surface area contributed by atoms with E-state index in [1.807, 2.05) is 31.2 Å². The second-order valence-electron chi connectivity index (χ2n) is 3.56. The summed E-state index contributed by atoms with van der Waals surface area (Å²) >= 11 is 1.19. The summed E-state index contributed by atoms with van der Waals surface area (Å²) in [6.07, 6.45) is 2.27. The number of carbonyl (C=O) groups is 1. The summed E-state index contributed by atoms with van der Waals surface area (Å²) < 4.78 is 0. The van der Waals surface area contributed by atoms with Crippen LogP contribution in [-0.4, -0.2) is 26.3 Å². The highest BCUT2D eigenvalue weighted by molar-refractivity contribution is 8.00. The molecule has 1 aromatic carbocycles. The first-order valence-corrected chi connectivity index (χ1v) is 6.20. The van der Waals surface area contributed by atoms with E-state index in [1.165, 1.54) is 11.8 Å². The largest absolute Gasteiger partial charge is 0.480 e. The first-order valence-electron chi connectivity index (χ1n) is 5.32. The molecule has 0 saturated heterocycles. The monoisotopic (exact) mass is 248 g/mol. The molecule has 5 heteroatoms. The predicted molar refractivity (Wildman–Crippen MR) is 67.1 cm³/mol. The molecule has 1 unspecified atom stereocenters. The van der Waals surface area contributed by atoms with Gasteiger partial charge in [-0.05, 0) is 12.5 Å². The number of carboxylic acids is 1. The molecular weight excluding hydrogens is 236 g/mol. The Bertz CT molecular complexity index is 545. The van der Waals surface area contributed by atoms with Gasteiger partial charge in [-0.1, -0.05) is 36.9 Å². The van der Waals surface area contributed by atoms with Crippen LogP contribution in [0.25, 0.3) is 10.9 Å². The molecule has 1 atom stereocenters. The molecule has 0 amide bonds. The van der Waals surface area contributed by atoms with Gasteiger partial charge in [0.1, 0.15) is 5.25 Å². The SMILES string of the molecule is CCC(Sc1ncc2ccccc2n1)C(=O)O. The minimum absolute atomic E-state index is 0.490. The van der Waals surface area contributed by atoms with Gasteiger partial charge in [-0.25, -0.2) is 9.97 Å². The van der Waals surface area contributed by atoms with Gasteiger partial charge in [0, 0.05) is 11.6 Å². The smallest absolute Gasteiger partial charge is 0.317 e. The first-order chi connectivity index (χ1) is 8.20. The zero-order chi connectivity index (χ0) is 12.3. The lowest BCUT2D eigenvalue weighted by molar-refractivity contribution is -0.136. The van der Waals surface area contributed by atoms with E-state index in [1.54, 1.807) is 6.20 Å². The molecular formula is C12H12N2O2S. The second kappa shape index (κ2) is 5.14. The Hall–Kier alpha value is -1.62. The van der Waals surface area contributed by atoms with Crippen molar-refractivity contribution in [2.24, 2.45) is 0 Å². The van der Waals surface area contributed by atoms with Gasteiger partial charge in [0.25, 0.3) is 0 Å². The van der Waals surface area contributed by atoms with Crippen LogP contribution < -0.4 is 0 Å². The predicted octanol–water partition coefficient (Wildman–Crippen LogP) is 2.59. The second-order valence-corrected chi connectivity index (χ2v) is 4.73. The van der Waals surface area contributed by atoms with Crippen LogP contribution in [0.15, 0.2) is 35.6 Å². The van der Waals surface area contributed by atoms with E-state index in [9.17, 15) is 4.79 Å². The molecule has 2 rings (SSSR count). The van der Waals surface area contributed by atoms with Crippen LogP contribution in [0, 0.1) is 0 Å². The quantitative estimate of drug-likeness (QED) is 0.665. The fraction of sp³-hybridized carbons (Fsp3) is 0.250. The highest BCUT2D eigenvalue weighted by Crippen LogP contribution is 2.23. The topological polar surface area (TPSA) is 63.1 Å². The molecule has 0 aliphatic carbocycles. The molecule has 1 aromatic heterocycles. The summed E-state index contributed by atoms with van der Waals surface area (Å²) in [5.41, 5.74) is 0.838. The minimum atomic E-state index is -0.825. The van der Waals surface area contributed by atoms with Gasteiger partial charge >= 0.3 is 5.97 Å². The van der Waals surface area contributed by atoms with Gasteiger partial charge in [0.05, 0.1) is 5.52 Å². The molecule has 1 heterocycles. The molecule has 17 heavy (non-hydrogen) atoms. The maximum Gasteiger partial charge on any atom is 0.317 e. The summed E-state index contributed by atoms with van der Waals surface area (Å²) in [4.78, 5) is 19.4. The molecule has 0 spiro atoms. The van der Waals surface area contributed by atoms with Gasteiger partial charge in [-0.3, -0.25) is 4.79 Å². The van der Waals surface area contributed by atoms with E-state index in [2.05, 4.69) is 9.97 Å². The van der Waals surface area contributed by atoms with Crippen LogP contribution in [0.1, 0.15) is 13.3 Å². The van der Waals surface area contributed by atoms with Crippen molar-refractivity contribution in [1.82, 2.24) is 9.97 Å². The minimum Gasteiger partial charge on any atom is -0.480 e. The van der Waals surface area contributed by atoms with Crippen LogP contribution in [0.2, 0.25) is 0 Å². The van der Waals surface area contributed by atoms with Crippen molar-refractivity contribution in [1.29, 1.82) is 0 Å². The molecule has 4 nitrogen and oxygen atoms in total. The number of carboxylic acid groups (broad SMARTS) is 1. The Morgan fingerprint density at radius 2 is 2.24 bits per heavy atom. The lowest BCUT2D eigenvalue weighted by Gasteiger charge is -2.07. The average Bonchev–Trinajstić information content (AvgIpc) is 2.35. The van der Waals surface area contributed by atoms with Crippen molar-refractivity contribution in [3.63, 3.8) is 0 Å². The third-order valence-corrected chi connectivity index (χ3v) is 3.59. The summed E-state index contributed by atoms with van der Waals surface area (Å²) in [5, 5.41) is 9.95. The van der Waals surface area contributed by atoms with Gasteiger partial charge in [0.15, 0.2) is 5.16 Å². The van der Waals surface area contributed by atoms with Gasteiger partial charge < -0.3 is 5.11 Å². The number of nitrogens with zero attached hydrogens (tertiary/aromatic N) is 2. The summed E-state index contributed by atoms with van der Waals surface area (Å²) in [6.45, 7) is 1.84. The summed E-state index contributed by atoms with van der Waals surface area (Å²) in [6, 6.07) is 7.64. The normalized spacial score (nSPS) is 12.5. The van der Waals surface area contributed by atoms with Crippen molar-refractivity contribution in [2.45, 2.75) is 23.8 Å². The number of hydrogen-bond donors (Lipinski definition) is 1. The average molecular weight is 248 g/mol. The van der Waals surface area contributed by atoms with E-state index < -0.39 is 11.2 Å². The van der Waals surface area contributed by atoms with E-state index in [4.69, 9.17) is 5.11 Å².